The number of thioether (sulfide) groups is 1. The van der Waals surface area contributed by atoms with E-state index in [1.807, 2.05) is 22.7 Å². The summed E-state index contributed by atoms with van der Waals surface area (Å²) in [6.45, 7) is 0. The summed E-state index contributed by atoms with van der Waals surface area (Å²) in [6.07, 6.45) is 9.77. The van der Waals surface area contributed by atoms with E-state index in [1.165, 1.54) is 91.2 Å². The molecule has 9 rings (SSSR count). The Kier molecular flexibility index (Phi) is 5.38. The molecule has 1 aliphatic heterocycles. The number of rotatable bonds is 2. The zero-order chi connectivity index (χ0) is 25.5. The summed E-state index contributed by atoms with van der Waals surface area (Å²) in [7, 11) is 0. The van der Waals surface area contributed by atoms with Gasteiger partial charge in [-0.2, -0.15) is 11.8 Å². The zero-order valence-corrected chi connectivity index (χ0v) is 24.3. The summed E-state index contributed by atoms with van der Waals surface area (Å²) in [5, 5.41) is 5.53. The molecule has 6 aromatic rings. The maximum Gasteiger partial charge on any atom is 0.161 e. The van der Waals surface area contributed by atoms with Crippen molar-refractivity contribution in [2.45, 2.75) is 61.4 Å². The Hall–Kier alpha value is -2.47. The Morgan fingerprint density at radius 1 is 0.615 bits per heavy atom. The lowest BCUT2D eigenvalue weighted by Gasteiger charge is -2.36. The third-order valence-electron chi connectivity index (χ3n) is 9.75. The van der Waals surface area contributed by atoms with E-state index in [9.17, 15) is 0 Å². The first-order valence-electron chi connectivity index (χ1n) is 14.6. The number of hydrogen-bond donors (Lipinski definition) is 0. The molecular weight excluding hydrogens is 533 g/mol. The molecule has 2 saturated carbocycles. The van der Waals surface area contributed by atoms with Gasteiger partial charge >= 0.3 is 0 Å². The highest BCUT2D eigenvalue weighted by atomic mass is 32.2. The fraction of sp³-hybridized carbons (Fsp3) is 0.353. The molecule has 3 aromatic carbocycles. The largest absolute Gasteiger partial charge is 0.231 e. The molecule has 1 saturated heterocycles. The Bertz CT molecular complexity index is 1880. The van der Waals surface area contributed by atoms with Gasteiger partial charge in [-0.3, -0.25) is 0 Å². The Labute approximate surface area is 240 Å². The lowest BCUT2D eigenvalue weighted by atomic mass is 9.69. The molecule has 39 heavy (non-hydrogen) atoms. The van der Waals surface area contributed by atoms with Crippen molar-refractivity contribution in [3.63, 3.8) is 0 Å². The van der Waals surface area contributed by atoms with E-state index in [-0.39, 0.29) is 0 Å². The SMILES string of the molecule is c1ccc2c(c1)sc1c(-c3nc(C4CCCC5C6CCCCC6SC45)c4sc5ccccc5c4n3)cccc12. The molecule has 0 radical (unpaired) electrons. The lowest BCUT2D eigenvalue weighted by molar-refractivity contribution is 0.217. The first-order chi connectivity index (χ1) is 19.3. The summed E-state index contributed by atoms with van der Waals surface area (Å²) in [4.78, 5) is 10.9. The van der Waals surface area contributed by atoms with Crippen LogP contribution in [0.2, 0.25) is 0 Å². The van der Waals surface area contributed by atoms with Gasteiger partial charge in [-0.15, -0.1) is 22.7 Å². The van der Waals surface area contributed by atoms with Crippen molar-refractivity contribution in [2.24, 2.45) is 11.8 Å². The van der Waals surface area contributed by atoms with Gasteiger partial charge in [0.15, 0.2) is 5.82 Å². The zero-order valence-electron chi connectivity index (χ0n) is 21.8. The second-order valence-electron chi connectivity index (χ2n) is 11.8. The third-order valence-corrected chi connectivity index (χ3v) is 14.1. The molecule has 194 valence electrons. The van der Waals surface area contributed by atoms with Gasteiger partial charge in [-0.05, 0) is 55.7 Å². The first-order valence-corrected chi connectivity index (χ1v) is 17.2. The molecule has 4 heterocycles. The van der Waals surface area contributed by atoms with Crippen LogP contribution in [0.4, 0.5) is 0 Å². The van der Waals surface area contributed by atoms with Crippen LogP contribution in [0.5, 0.6) is 0 Å². The van der Waals surface area contributed by atoms with Gasteiger partial charge in [0.1, 0.15) is 0 Å². The highest BCUT2D eigenvalue weighted by Crippen LogP contribution is 2.59. The van der Waals surface area contributed by atoms with Crippen LogP contribution in [0.3, 0.4) is 0 Å². The predicted molar refractivity (Wildman–Crippen MR) is 170 cm³/mol. The maximum atomic E-state index is 5.58. The Morgan fingerprint density at radius 2 is 1.36 bits per heavy atom. The van der Waals surface area contributed by atoms with Crippen LogP contribution < -0.4 is 0 Å². The first kappa shape index (κ1) is 23.3. The number of benzene rings is 3. The van der Waals surface area contributed by atoms with E-state index in [0.29, 0.717) is 11.2 Å². The van der Waals surface area contributed by atoms with Gasteiger partial charge < -0.3 is 0 Å². The molecular formula is C34H30N2S3. The fourth-order valence-electron chi connectivity index (χ4n) is 8.04. The van der Waals surface area contributed by atoms with Gasteiger partial charge in [0.25, 0.3) is 0 Å². The molecule has 5 unspecified atom stereocenters. The number of fused-ring (bicyclic) bond motifs is 9. The molecule has 3 aliphatic rings. The normalized spacial score (nSPS) is 26.9. The standard InChI is InChI=1S/C34H30N2S3/c1-4-16-26-19(9-1)21-12-7-14-24(31(21)37-26)30-33-29(23-11-3-6-18-28(23)39-33)35-34(36-30)25-15-8-13-22-20-10-2-5-17-27(20)38-32(22)25/h2-3,5-6,8,10-11,13,15,17-19,21,24,26,31H,1,4,7,9,12,14,16H2. The number of hydrogen-bond acceptors (Lipinski definition) is 5. The predicted octanol–water partition coefficient (Wildman–Crippen LogP) is 10.4. The second kappa shape index (κ2) is 9.02. The number of aromatic nitrogens is 2. The molecule has 0 bridgehead atoms. The van der Waals surface area contributed by atoms with Crippen molar-refractivity contribution in [2.75, 3.05) is 0 Å². The van der Waals surface area contributed by atoms with Crippen molar-refractivity contribution < 1.29 is 0 Å². The number of thiophene rings is 2. The minimum Gasteiger partial charge on any atom is -0.231 e. The minimum atomic E-state index is 0.526. The van der Waals surface area contributed by atoms with E-state index in [1.54, 1.807) is 0 Å². The highest BCUT2D eigenvalue weighted by Gasteiger charge is 2.49. The maximum absolute atomic E-state index is 5.58. The lowest BCUT2D eigenvalue weighted by Crippen LogP contribution is -2.31. The van der Waals surface area contributed by atoms with Gasteiger partial charge in [0.05, 0.1) is 15.9 Å². The van der Waals surface area contributed by atoms with Crippen molar-refractivity contribution >= 4 is 74.9 Å². The molecule has 2 nitrogen and oxygen atoms in total. The van der Waals surface area contributed by atoms with Crippen molar-refractivity contribution in [3.05, 3.63) is 72.4 Å². The molecule has 5 atom stereocenters. The summed E-state index contributed by atoms with van der Waals surface area (Å²) >= 11 is 6.15. The topological polar surface area (TPSA) is 25.8 Å². The Morgan fingerprint density at radius 3 is 2.28 bits per heavy atom. The van der Waals surface area contributed by atoms with Gasteiger partial charge in [-0.25, -0.2) is 9.97 Å². The molecule has 0 spiro atoms. The van der Waals surface area contributed by atoms with Gasteiger partial charge in [-0.1, -0.05) is 67.8 Å². The average Bonchev–Trinajstić information content (AvgIpc) is 3.68. The molecule has 2 aliphatic carbocycles. The summed E-state index contributed by atoms with van der Waals surface area (Å²) in [6, 6.07) is 24.3. The van der Waals surface area contributed by atoms with Gasteiger partial charge in [0.2, 0.25) is 0 Å². The molecule has 5 heteroatoms. The fourth-order valence-corrected chi connectivity index (χ4v) is 12.7. The van der Waals surface area contributed by atoms with E-state index in [4.69, 9.17) is 9.97 Å². The van der Waals surface area contributed by atoms with Crippen LogP contribution in [-0.2, 0) is 0 Å². The summed E-state index contributed by atoms with van der Waals surface area (Å²) in [5.74, 6) is 3.25. The molecule has 3 aromatic heterocycles. The molecule has 0 N–H and O–H groups in total. The van der Waals surface area contributed by atoms with Crippen LogP contribution in [0.1, 0.15) is 56.6 Å². The van der Waals surface area contributed by atoms with Crippen LogP contribution in [-0.4, -0.2) is 20.5 Å². The van der Waals surface area contributed by atoms with E-state index < -0.39 is 0 Å². The van der Waals surface area contributed by atoms with Crippen molar-refractivity contribution in [3.8, 4) is 11.4 Å². The number of nitrogens with zero attached hydrogens (tertiary/aromatic N) is 2. The monoisotopic (exact) mass is 562 g/mol. The van der Waals surface area contributed by atoms with E-state index >= 15 is 0 Å². The van der Waals surface area contributed by atoms with Gasteiger partial charge in [0, 0.05) is 52.2 Å². The van der Waals surface area contributed by atoms with Crippen LogP contribution >= 0.6 is 34.4 Å². The van der Waals surface area contributed by atoms with Crippen LogP contribution in [0, 0.1) is 11.8 Å². The smallest absolute Gasteiger partial charge is 0.161 e. The van der Waals surface area contributed by atoms with Crippen molar-refractivity contribution in [1.29, 1.82) is 0 Å². The second-order valence-corrected chi connectivity index (χ2v) is 15.3. The molecule has 3 fully saturated rings. The molecule has 0 amide bonds. The minimum absolute atomic E-state index is 0.526. The Balaban J connectivity index is 1.28. The highest BCUT2D eigenvalue weighted by molar-refractivity contribution is 8.00. The van der Waals surface area contributed by atoms with Crippen LogP contribution in [0.15, 0.2) is 66.7 Å². The van der Waals surface area contributed by atoms with E-state index in [2.05, 4.69) is 78.5 Å². The summed E-state index contributed by atoms with van der Waals surface area (Å²) in [5.41, 5.74) is 3.69. The van der Waals surface area contributed by atoms with E-state index in [0.717, 1.165) is 28.4 Å². The third kappa shape index (κ3) is 3.52. The summed E-state index contributed by atoms with van der Waals surface area (Å²) < 4.78 is 5.32. The van der Waals surface area contributed by atoms with Crippen molar-refractivity contribution in [1.82, 2.24) is 9.97 Å². The average molecular weight is 563 g/mol. The van der Waals surface area contributed by atoms with Crippen LogP contribution in [0.25, 0.3) is 51.9 Å². The quantitative estimate of drug-likeness (QED) is 0.210.